The summed E-state index contributed by atoms with van der Waals surface area (Å²) < 4.78 is 15.3. The third kappa shape index (κ3) is 8.12. The van der Waals surface area contributed by atoms with Crippen molar-refractivity contribution in [2.75, 3.05) is 13.7 Å². The van der Waals surface area contributed by atoms with Gasteiger partial charge in [0.2, 0.25) is 5.91 Å². The quantitative estimate of drug-likeness (QED) is 0.567. The van der Waals surface area contributed by atoms with Crippen LogP contribution in [0.2, 0.25) is 0 Å². The second-order valence-electron chi connectivity index (χ2n) is 5.94. The van der Waals surface area contributed by atoms with Gasteiger partial charge in [0.05, 0.1) is 0 Å². The normalized spacial score (nSPS) is 14.8. The van der Waals surface area contributed by atoms with Crippen molar-refractivity contribution in [3.63, 3.8) is 0 Å². The SMILES string of the molecule is COC(C)OCC(=O)N[C@H](C(=O)OC(C)(C)C)C(C)C. The topological polar surface area (TPSA) is 73.9 Å². The predicted octanol–water partition coefficient (Wildman–Crippen LogP) is 1.48. The summed E-state index contributed by atoms with van der Waals surface area (Å²) in [4.78, 5) is 23.8. The summed E-state index contributed by atoms with van der Waals surface area (Å²) in [5.74, 6) is -0.896. The maximum absolute atomic E-state index is 12.0. The molecule has 118 valence electrons. The summed E-state index contributed by atoms with van der Waals surface area (Å²) in [6.45, 7) is 10.6. The van der Waals surface area contributed by atoms with E-state index in [1.807, 2.05) is 13.8 Å². The molecule has 0 aromatic rings. The Labute approximate surface area is 121 Å². The Kier molecular flexibility index (Phi) is 7.75. The molecule has 6 nitrogen and oxygen atoms in total. The first kappa shape index (κ1) is 18.9. The molecule has 0 aromatic heterocycles. The lowest BCUT2D eigenvalue weighted by Crippen LogP contribution is -2.48. The number of carbonyl (C=O) groups excluding carboxylic acids is 2. The first-order chi connectivity index (χ1) is 9.06. The molecule has 0 rings (SSSR count). The number of nitrogens with one attached hydrogen (secondary N) is 1. The van der Waals surface area contributed by atoms with E-state index in [1.54, 1.807) is 27.7 Å². The molecular weight excluding hydrogens is 262 g/mol. The fourth-order valence-electron chi connectivity index (χ4n) is 1.34. The van der Waals surface area contributed by atoms with E-state index in [2.05, 4.69) is 5.32 Å². The molecule has 0 bridgehead atoms. The van der Waals surface area contributed by atoms with E-state index in [0.29, 0.717) is 0 Å². The van der Waals surface area contributed by atoms with Gasteiger partial charge in [-0.1, -0.05) is 13.8 Å². The van der Waals surface area contributed by atoms with Gasteiger partial charge in [-0.2, -0.15) is 0 Å². The van der Waals surface area contributed by atoms with Crippen molar-refractivity contribution in [1.82, 2.24) is 5.32 Å². The third-order valence-electron chi connectivity index (χ3n) is 2.42. The van der Waals surface area contributed by atoms with Crippen molar-refractivity contribution in [1.29, 1.82) is 0 Å². The number of carbonyl (C=O) groups is 2. The number of hydrogen-bond acceptors (Lipinski definition) is 5. The number of hydrogen-bond donors (Lipinski definition) is 1. The van der Waals surface area contributed by atoms with Crippen LogP contribution in [0.4, 0.5) is 0 Å². The summed E-state index contributed by atoms with van der Waals surface area (Å²) in [6, 6.07) is -0.692. The molecule has 1 N–H and O–H groups in total. The first-order valence-electron chi connectivity index (χ1n) is 6.73. The van der Waals surface area contributed by atoms with Crippen molar-refractivity contribution < 1.29 is 23.8 Å². The number of ether oxygens (including phenoxy) is 3. The Hall–Kier alpha value is -1.14. The fraction of sp³-hybridized carbons (Fsp3) is 0.857. The molecule has 6 heteroatoms. The zero-order chi connectivity index (χ0) is 15.9. The van der Waals surface area contributed by atoms with E-state index < -0.39 is 23.9 Å². The minimum Gasteiger partial charge on any atom is -0.458 e. The largest absolute Gasteiger partial charge is 0.458 e. The highest BCUT2D eigenvalue weighted by molar-refractivity contribution is 5.85. The van der Waals surface area contributed by atoms with Gasteiger partial charge >= 0.3 is 5.97 Å². The maximum atomic E-state index is 12.0. The zero-order valence-electron chi connectivity index (χ0n) is 13.5. The second-order valence-corrected chi connectivity index (χ2v) is 5.94. The molecule has 1 amide bonds. The van der Waals surface area contributed by atoms with Crippen molar-refractivity contribution in [3.05, 3.63) is 0 Å². The van der Waals surface area contributed by atoms with E-state index in [0.717, 1.165) is 0 Å². The van der Waals surface area contributed by atoms with Gasteiger partial charge < -0.3 is 19.5 Å². The van der Waals surface area contributed by atoms with Crippen molar-refractivity contribution in [2.24, 2.45) is 5.92 Å². The van der Waals surface area contributed by atoms with Crippen LogP contribution in [-0.2, 0) is 23.8 Å². The minimum absolute atomic E-state index is 0.0753. The lowest BCUT2D eigenvalue weighted by atomic mass is 10.0. The molecule has 0 fully saturated rings. The second kappa shape index (κ2) is 8.21. The minimum atomic E-state index is -0.692. The summed E-state index contributed by atoms with van der Waals surface area (Å²) in [6.07, 6.45) is -0.472. The molecule has 0 saturated carbocycles. The van der Waals surface area contributed by atoms with Gasteiger partial charge in [0.1, 0.15) is 18.2 Å². The van der Waals surface area contributed by atoms with Crippen LogP contribution < -0.4 is 5.32 Å². The summed E-state index contributed by atoms with van der Waals surface area (Å²) >= 11 is 0. The van der Waals surface area contributed by atoms with Gasteiger partial charge in [-0.25, -0.2) is 4.79 Å². The third-order valence-corrected chi connectivity index (χ3v) is 2.42. The van der Waals surface area contributed by atoms with Gasteiger partial charge in [0.15, 0.2) is 6.29 Å². The maximum Gasteiger partial charge on any atom is 0.329 e. The van der Waals surface area contributed by atoms with Crippen molar-refractivity contribution in [3.8, 4) is 0 Å². The van der Waals surface area contributed by atoms with E-state index in [4.69, 9.17) is 14.2 Å². The zero-order valence-corrected chi connectivity index (χ0v) is 13.5. The Morgan fingerprint density at radius 1 is 1.15 bits per heavy atom. The highest BCUT2D eigenvalue weighted by Gasteiger charge is 2.29. The molecule has 0 aliphatic carbocycles. The summed E-state index contributed by atoms with van der Waals surface area (Å²) in [5.41, 5.74) is -0.587. The number of esters is 1. The average Bonchev–Trinajstić information content (AvgIpc) is 2.30. The Morgan fingerprint density at radius 2 is 1.70 bits per heavy atom. The van der Waals surface area contributed by atoms with E-state index in [-0.39, 0.29) is 18.4 Å². The van der Waals surface area contributed by atoms with Gasteiger partial charge in [-0.05, 0) is 33.6 Å². The molecule has 0 aromatic carbocycles. The average molecular weight is 289 g/mol. The number of methoxy groups -OCH3 is 1. The Morgan fingerprint density at radius 3 is 2.10 bits per heavy atom. The fourth-order valence-corrected chi connectivity index (χ4v) is 1.34. The van der Waals surface area contributed by atoms with Crippen molar-refractivity contribution >= 4 is 11.9 Å². The summed E-state index contributed by atoms with van der Waals surface area (Å²) in [5, 5.41) is 2.62. The molecule has 0 saturated heterocycles. The summed E-state index contributed by atoms with van der Waals surface area (Å²) in [7, 11) is 1.49. The molecule has 1 unspecified atom stereocenters. The monoisotopic (exact) mass is 289 g/mol. The van der Waals surface area contributed by atoms with Crippen LogP contribution >= 0.6 is 0 Å². The highest BCUT2D eigenvalue weighted by atomic mass is 16.7. The van der Waals surface area contributed by atoms with Crippen LogP contribution in [0, 0.1) is 5.92 Å². The predicted molar refractivity (Wildman–Crippen MR) is 75.0 cm³/mol. The molecule has 0 spiro atoms. The van der Waals surface area contributed by atoms with Gasteiger partial charge in [0.25, 0.3) is 0 Å². The first-order valence-corrected chi connectivity index (χ1v) is 6.73. The van der Waals surface area contributed by atoms with Crippen LogP contribution in [0.5, 0.6) is 0 Å². The van der Waals surface area contributed by atoms with E-state index in [1.165, 1.54) is 7.11 Å². The van der Waals surface area contributed by atoms with Crippen LogP contribution in [0.15, 0.2) is 0 Å². The molecule has 2 atom stereocenters. The van der Waals surface area contributed by atoms with Crippen molar-refractivity contribution in [2.45, 2.75) is 59.5 Å². The van der Waals surface area contributed by atoms with Crippen LogP contribution in [0.25, 0.3) is 0 Å². The molecule has 20 heavy (non-hydrogen) atoms. The Balaban J connectivity index is 4.48. The molecule has 0 aliphatic rings. The molecular formula is C14H27NO5. The molecule has 0 heterocycles. The number of amides is 1. The van der Waals surface area contributed by atoms with E-state index >= 15 is 0 Å². The number of rotatable bonds is 7. The Bertz CT molecular complexity index is 322. The lowest BCUT2D eigenvalue weighted by molar-refractivity contribution is -0.161. The smallest absolute Gasteiger partial charge is 0.329 e. The lowest BCUT2D eigenvalue weighted by Gasteiger charge is -2.26. The van der Waals surface area contributed by atoms with Gasteiger partial charge in [0, 0.05) is 7.11 Å². The molecule has 0 radical (unpaired) electrons. The van der Waals surface area contributed by atoms with Gasteiger partial charge in [-0.3, -0.25) is 4.79 Å². The highest BCUT2D eigenvalue weighted by Crippen LogP contribution is 2.12. The van der Waals surface area contributed by atoms with E-state index in [9.17, 15) is 9.59 Å². The van der Waals surface area contributed by atoms with Crippen LogP contribution in [-0.4, -0.2) is 43.5 Å². The standard InChI is InChI=1S/C14H27NO5/c1-9(2)12(13(17)20-14(4,5)6)15-11(16)8-19-10(3)18-7/h9-10,12H,8H2,1-7H3,(H,15,16)/t10?,12-/m0/s1. The van der Waals surface area contributed by atoms with Crippen LogP contribution in [0.1, 0.15) is 41.5 Å². The molecule has 0 aliphatic heterocycles. The van der Waals surface area contributed by atoms with Gasteiger partial charge in [-0.15, -0.1) is 0 Å². The van der Waals surface area contributed by atoms with Crippen LogP contribution in [0.3, 0.4) is 0 Å².